The van der Waals surface area contributed by atoms with E-state index in [9.17, 15) is 10.2 Å². The molecule has 0 saturated heterocycles. The van der Waals surface area contributed by atoms with Crippen LogP contribution in [0.1, 0.15) is 25.0 Å². The van der Waals surface area contributed by atoms with E-state index in [1.54, 1.807) is 6.07 Å². The number of nitrogens with one attached hydrogen (secondary N) is 1. The van der Waals surface area contributed by atoms with Gasteiger partial charge in [-0.2, -0.15) is 5.10 Å². The highest BCUT2D eigenvalue weighted by Crippen LogP contribution is 2.33. The number of aryl methyl sites for hydroxylation is 1. The van der Waals surface area contributed by atoms with E-state index < -0.39 is 0 Å². The molecule has 3 aromatic rings. The van der Waals surface area contributed by atoms with Gasteiger partial charge in [0.2, 0.25) is 0 Å². The number of phenolic OH excluding ortho intramolecular Hbond substituents is 2. The Morgan fingerprint density at radius 2 is 1.92 bits per heavy atom. The molecule has 0 spiro atoms. The summed E-state index contributed by atoms with van der Waals surface area (Å²) in [4.78, 5) is 0. The Morgan fingerprint density at radius 3 is 2.58 bits per heavy atom. The minimum atomic E-state index is -0.0463. The molecule has 2 aromatic carbocycles. The smallest absolute Gasteiger partial charge is 0.200 e. The number of benzene rings is 2. The molecule has 0 bridgehead atoms. The Labute approximate surface area is 145 Å². The number of rotatable bonds is 4. The van der Waals surface area contributed by atoms with E-state index in [2.05, 4.69) is 30.1 Å². The number of hydrogen-bond donors (Lipinski definition) is 3. The number of aromatic nitrogens is 3. The molecule has 0 radical (unpaired) electrons. The van der Waals surface area contributed by atoms with Crippen molar-refractivity contribution in [1.82, 2.24) is 14.8 Å². The summed E-state index contributed by atoms with van der Waals surface area (Å²) < 4.78 is 2.29. The molecular formula is C18H19N3O2S. The number of phenols is 2. The van der Waals surface area contributed by atoms with Gasteiger partial charge in [0.1, 0.15) is 11.5 Å². The van der Waals surface area contributed by atoms with Gasteiger partial charge in [0.15, 0.2) is 10.6 Å². The molecule has 3 rings (SSSR count). The van der Waals surface area contributed by atoms with Crippen LogP contribution < -0.4 is 0 Å². The first-order chi connectivity index (χ1) is 11.6. The van der Waals surface area contributed by atoms with Crippen molar-refractivity contribution in [3.05, 3.63) is 52.3 Å². The van der Waals surface area contributed by atoms with Crippen molar-refractivity contribution in [2.24, 2.45) is 0 Å². The molecule has 0 amide bonds. The third kappa shape index (κ3) is 2.69. The molecule has 124 valence electrons. The fraction of sp³-hybridized carbons (Fsp3) is 0.222. The zero-order valence-electron chi connectivity index (χ0n) is 13.6. The van der Waals surface area contributed by atoms with Crippen LogP contribution in [0.25, 0.3) is 17.1 Å². The van der Waals surface area contributed by atoms with Crippen LogP contribution >= 0.6 is 12.2 Å². The van der Waals surface area contributed by atoms with Crippen LogP contribution in [0.4, 0.5) is 0 Å². The van der Waals surface area contributed by atoms with Gasteiger partial charge in [-0.05, 0) is 54.4 Å². The SMILES string of the molecule is CCc1cccc(-n2c(-c3ccc(O)cc3O)n[nH]c2=S)c1CC. The van der Waals surface area contributed by atoms with Crippen molar-refractivity contribution >= 4 is 12.2 Å². The van der Waals surface area contributed by atoms with Gasteiger partial charge in [-0.1, -0.05) is 26.0 Å². The van der Waals surface area contributed by atoms with Gasteiger partial charge in [0.25, 0.3) is 0 Å². The van der Waals surface area contributed by atoms with Crippen LogP contribution in [-0.4, -0.2) is 25.0 Å². The average Bonchev–Trinajstić information content (AvgIpc) is 2.95. The number of aromatic amines is 1. The first-order valence-electron chi connectivity index (χ1n) is 7.87. The van der Waals surface area contributed by atoms with E-state index in [4.69, 9.17) is 12.2 Å². The van der Waals surface area contributed by atoms with Gasteiger partial charge in [-0.15, -0.1) is 0 Å². The summed E-state index contributed by atoms with van der Waals surface area (Å²) in [5.41, 5.74) is 3.93. The van der Waals surface area contributed by atoms with Gasteiger partial charge in [-0.3, -0.25) is 9.67 Å². The molecule has 5 nitrogen and oxygen atoms in total. The lowest BCUT2D eigenvalue weighted by Crippen LogP contribution is -2.04. The van der Waals surface area contributed by atoms with Gasteiger partial charge in [0, 0.05) is 6.07 Å². The molecule has 1 heterocycles. The standard InChI is InChI=1S/C18H19N3O2S/c1-3-11-6-5-7-15(13(11)4-2)21-17(19-20-18(21)24)14-9-8-12(22)10-16(14)23/h5-10,22-23H,3-4H2,1-2H3,(H,20,24). The number of H-pyrrole nitrogens is 1. The summed E-state index contributed by atoms with van der Waals surface area (Å²) >= 11 is 5.42. The van der Waals surface area contributed by atoms with Crippen molar-refractivity contribution in [2.45, 2.75) is 26.7 Å². The maximum atomic E-state index is 10.2. The summed E-state index contributed by atoms with van der Waals surface area (Å²) in [5.74, 6) is 0.467. The number of nitrogens with zero attached hydrogens (tertiary/aromatic N) is 2. The van der Waals surface area contributed by atoms with Crippen LogP contribution in [0.3, 0.4) is 0 Å². The predicted octanol–water partition coefficient (Wildman–Crippen LogP) is 4.13. The van der Waals surface area contributed by atoms with E-state index in [1.807, 2.05) is 16.7 Å². The second kappa shape index (κ2) is 6.49. The largest absolute Gasteiger partial charge is 0.508 e. The van der Waals surface area contributed by atoms with E-state index in [0.717, 1.165) is 18.5 Å². The minimum Gasteiger partial charge on any atom is -0.508 e. The van der Waals surface area contributed by atoms with Crippen LogP contribution in [0.2, 0.25) is 0 Å². The molecule has 0 atom stereocenters. The van der Waals surface area contributed by atoms with Crippen LogP contribution in [0.5, 0.6) is 11.5 Å². The zero-order valence-corrected chi connectivity index (χ0v) is 14.4. The lowest BCUT2D eigenvalue weighted by Gasteiger charge is -2.15. The van der Waals surface area contributed by atoms with Crippen molar-refractivity contribution in [1.29, 1.82) is 0 Å². The van der Waals surface area contributed by atoms with E-state index >= 15 is 0 Å². The summed E-state index contributed by atoms with van der Waals surface area (Å²) in [6.45, 7) is 4.24. The maximum Gasteiger partial charge on any atom is 0.200 e. The Kier molecular flexibility index (Phi) is 4.40. The number of aromatic hydroxyl groups is 2. The molecule has 0 aliphatic rings. The maximum absolute atomic E-state index is 10.2. The molecule has 0 fully saturated rings. The van der Waals surface area contributed by atoms with E-state index in [-0.39, 0.29) is 11.5 Å². The highest BCUT2D eigenvalue weighted by Gasteiger charge is 2.17. The summed E-state index contributed by atoms with van der Waals surface area (Å²) in [7, 11) is 0. The molecule has 1 aromatic heterocycles. The van der Waals surface area contributed by atoms with Crippen LogP contribution in [-0.2, 0) is 12.8 Å². The van der Waals surface area contributed by atoms with Crippen molar-refractivity contribution in [2.75, 3.05) is 0 Å². The normalized spacial score (nSPS) is 10.9. The van der Waals surface area contributed by atoms with Crippen molar-refractivity contribution < 1.29 is 10.2 Å². The van der Waals surface area contributed by atoms with Crippen molar-refractivity contribution in [3.8, 4) is 28.6 Å². The molecule has 0 aliphatic heterocycles. The van der Waals surface area contributed by atoms with E-state index in [0.29, 0.717) is 16.2 Å². The van der Waals surface area contributed by atoms with Gasteiger partial charge < -0.3 is 10.2 Å². The molecule has 24 heavy (non-hydrogen) atoms. The zero-order chi connectivity index (χ0) is 17.3. The van der Waals surface area contributed by atoms with E-state index in [1.165, 1.54) is 23.3 Å². The summed E-state index contributed by atoms with van der Waals surface area (Å²) in [5, 5.41) is 26.8. The second-order valence-electron chi connectivity index (χ2n) is 5.51. The topological polar surface area (TPSA) is 74.1 Å². The highest BCUT2D eigenvalue weighted by molar-refractivity contribution is 7.71. The van der Waals surface area contributed by atoms with Gasteiger partial charge >= 0.3 is 0 Å². The Hall–Kier alpha value is -2.60. The first-order valence-corrected chi connectivity index (χ1v) is 8.28. The highest BCUT2D eigenvalue weighted by atomic mass is 32.1. The minimum absolute atomic E-state index is 0.000778. The fourth-order valence-electron chi connectivity index (χ4n) is 2.98. The lowest BCUT2D eigenvalue weighted by molar-refractivity contribution is 0.451. The Balaban J connectivity index is 2.28. The van der Waals surface area contributed by atoms with Crippen molar-refractivity contribution in [3.63, 3.8) is 0 Å². The molecule has 0 saturated carbocycles. The predicted molar refractivity (Wildman–Crippen MR) is 96.3 cm³/mol. The molecule has 0 aliphatic carbocycles. The lowest BCUT2D eigenvalue weighted by atomic mass is 10.0. The third-order valence-corrected chi connectivity index (χ3v) is 4.39. The summed E-state index contributed by atoms with van der Waals surface area (Å²) in [6.07, 6.45) is 1.80. The quantitative estimate of drug-likeness (QED) is 0.624. The Bertz CT molecular complexity index is 944. The van der Waals surface area contributed by atoms with Gasteiger partial charge in [0.05, 0.1) is 11.3 Å². The molecule has 6 heteroatoms. The summed E-state index contributed by atoms with van der Waals surface area (Å²) in [6, 6.07) is 10.6. The van der Waals surface area contributed by atoms with Crippen LogP contribution in [0.15, 0.2) is 36.4 Å². The fourth-order valence-corrected chi connectivity index (χ4v) is 3.21. The number of hydrogen-bond acceptors (Lipinski definition) is 4. The molecule has 0 unspecified atom stereocenters. The average molecular weight is 341 g/mol. The molecular weight excluding hydrogens is 322 g/mol. The Morgan fingerprint density at radius 1 is 1.12 bits per heavy atom. The first kappa shape index (κ1) is 16.3. The van der Waals surface area contributed by atoms with Crippen LogP contribution in [0, 0.1) is 4.77 Å². The third-order valence-electron chi connectivity index (χ3n) is 4.12. The monoisotopic (exact) mass is 341 g/mol. The second-order valence-corrected chi connectivity index (χ2v) is 5.90. The van der Waals surface area contributed by atoms with Gasteiger partial charge in [-0.25, -0.2) is 0 Å². The molecule has 3 N–H and O–H groups in total.